The number of aromatic nitrogens is 2. The summed E-state index contributed by atoms with van der Waals surface area (Å²) in [5, 5.41) is 15.8. The van der Waals surface area contributed by atoms with Gasteiger partial charge in [0, 0.05) is 23.3 Å². The lowest BCUT2D eigenvalue weighted by atomic mass is 10.1. The Hall–Kier alpha value is -1.86. The van der Waals surface area contributed by atoms with Crippen molar-refractivity contribution in [1.29, 1.82) is 0 Å². The number of hydrogen-bond donors (Lipinski definition) is 2. The minimum atomic E-state index is -1.19. The molecule has 1 aromatic carbocycles. The lowest BCUT2D eigenvalue weighted by molar-refractivity contribution is -0.139. The maximum absolute atomic E-state index is 12.2. The van der Waals surface area contributed by atoms with Crippen LogP contribution in [0.15, 0.2) is 35.1 Å². The van der Waals surface area contributed by atoms with Crippen molar-refractivity contribution < 1.29 is 14.7 Å². The lowest BCUT2D eigenvalue weighted by Crippen LogP contribution is -2.33. The molecule has 0 saturated heterocycles. The molecule has 0 fully saturated rings. The molecule has 1 unspecified atom stereocenters. The minimum absolute atomic E-state index is 0.196. The second-order valence-corrected chi connectivity index (χ2v) is 5.53. The third-order valence-corrected chi connectivity index (χ3v) is 4.07. The van der Waals surface area contributed by atoms with Crippen LogP contribution in [0.4, 0.5) is 0 Å². The largest absolute Gasteiger partial charge is 0.479 e. The van der Waals surface area contributed by atoms with Gasteiger partial charge in [0.15, 0.2) is 6.04 Å². The summed E-state index contributed by atoms with van der Waals surface area (Å²) < 4.78 is 2.02. The fraction of sp³-hybridized carbons (Fsp3) is 0.154. The van der Waals surface area contributed by atoms with Gasteiger partial charge < -0.3 is 10.4 Å². The van der Waals surface area contributed by atoms with Crippen molar-refractivity contribution in [2.45, 2.75) is 6.04 Å². The lowest BCUT2D eigenvalue weighted by Gasteiger charge is -2.14. The Balaban J connectivity index is 2.27. The number of benzene rings is 1. The van der Waals surface area contributed by atoms with Crippen LogP contribution in [-0.2, 0) is 11.8 Å². The van der Waals surface area contributed by atoms with Crippen molar-refractivity contribution in [2.75, 3.05) is 0 Å². The van der Waals surface area contributed by atoms with E-state index in [0.717, 1.165) is 0 Å². The van der Waals surface area contributed by atoms with E-state index in [1.165, 1.54) is 23.1 Å². The smallest absolute Gasteiger partial charge is 0.331 e. The highest BCUT2D eigenvalue weighted by molar-refractivity contribution is 9.10. The van der Waals surface area contributed by atoms with Crippen molar-refractivity contribution >= 4 is 39.4 Å². The number of carboxylic acid groups (broad SMARTS) is 1. The van der Waals surface area contributed by atoms with Gasteiger partial charge in [0.25, 0.3) is 5.91 Å². The van der Waals surface area contributed by atoms with Crippen molar-refractivity contribution in [3.05, 3.63) is 51.2 Å². The molecular weight excluding hydrogens is 362 g/mol. The number of carboxylic acids is 1. The van der Waals surface area contributed by atoms with E-state index in [0.29, 0.717) is 10.0 Å². The van der Waals surface area contributed by atoms with Gasteiger partial charge in [-0.05, 0) is 28.1 Å². The molecule has 0 aliphatic heterocycles. The molecule has 0 bridgehead atoms. The summed E-state index contributed by atoms with van der Waals surface area (Å²) in [6.07, 6.45) is 2.92. The number of halogens is 2. The Morgan fingerprint density at radius 1 is 1.48 bits per heavy atom. The number of nitrogens with zero attached hydrogens (tertiary/aromatic N) is 2. The van der Waals surface area contributed by atoms with Gasteiger partial charge in [-0.25, -0.2) is 4.79 Å². The summed E-state index contributed by atoms with van der Waals surface area (Å²) in [6.45, 7) is 0. The van der Waals surface area contributed by atoms with Crippen molar-refractivity contribution in [3.63, 3.8) is 0 Å². The number of carbonyl (C=O) groups excluding carboxylic acids is 1. The van der Waals surface area contributed by atoms with Gasteiger partial charge in [-0.3, -0.25) is 9.48 Å². The van der Waals surface area contributed by atoms with Crippen LogP contribution in [0.3, 0.4) is 0 Å². The van der Waals surface area contributed by atoms with Crippen LogP contribution in [-0.4, -0.2) is 26.8 Å². The van der Waals surface area contributed by atoms with E-state index in [9.17, 15) is 14.7 Å². The molecule has 0 aliphatic rings. The summed E-state index contributed by atoms with van der Waals surface area (Å²) in [4.78, 5) is 23.5. The number of hydrogen-bond acceptors (Lipinski definition) is 3. The fourth-order valence-corrected chi connectivity index (χ4v) is 2.34. The first-order valence-corrected chi connectivity index (χ1v) is 7.03. The van der Waals surface area contributed by atoms with Crippen LogP contribution in [0, 0.1) is 0 Å². The summed E-state index contributed by atoms with van der Waals surface area (Å²) in [5.74, 6) is -1.75. The molecular formula is C13H11BrClN3O3. The summed E-state index contributed by atoms with van der Waals surface area (Å²) in [7, 11) is 1.66. The van der Waals surface area contributed by atoms with E-state index < -0.39 is 17.9 Å². The fourth-order valence-electron chi connectivity index (χ4n) is 1.76. The molecule has 2 aromatic rings. The molecule has 2 N–H and O–H groups in total. The summed E-state index contributed by atoms with van der Waals surface area (Å²) >= 11 is 9.25. The van der Waals surface area contributed by atoms with E-state index in [2.05, 4.69) is 26.3 Å². The third-order valence-electron chi connectivity index (χ3n) is 2.78. The average Bonchev–Trinajstić information content (AvgIpc) is 2.84. The van der Waals surface area contributed by atoms with Crippen LogP contribution >= 0.6 is 27.5 Å². The van der Waals surface area contributed by atoms with E-state index in [4.69, 9.17) is 11.6 Å². The normalized spacial score (nSPS) is 12.0. The van der Waals surface area contributed by atoms with E-state index >= 15 is 0 Å². The number of aliphatic carboxylic acids is 1. The second-order valence-electron chi connectivity index (χ2n) is 4.29. The highest BCUT2D eigenvalue weighted by Gasteiger charge is 2.25. The van der Waals surface area contributed by atoms with Crippen LogP contribution in [0.1, 0.15) is 22.0 Å². The van der Waals surface area contributed by atoms with E-state index in [-0.39, 0.29) is 10.6 Å². The maximum Gasteiger partial charge on any atom is 0.331 e. The number of amides is 1. The standard InChI is InChI=1S/C13H11BrClN3O3/c1-18-6-7(5-16-18)11(13(20)21)17-12(19)8-3-2-4-9(14)10(8)15/h2-6,11H,1H3,(H,17,19)(H,20,21). The molecule has 1 atom stereocenters. The van der Waals surface area contributed by atoms with Crippen LogP contribution in [0.25, 0.3) is 0 Å². The predicted molar refractivity (Wildman–Crippen MR) is 80.2 cm³/mol. The Morgan fingerprint density at radius 2 is 2.19 bits per heavy atom. The third kappa shape index (κ3) is 3.43. The SMILES string of the molecule is Cn1cc(C(NC(=O)c2cccc(Br)c2Cl)C(=O)O)cn1. The molecule has 6 nitrogen and oxygen atoms in total. The van der Waals surface area contributed by atoms with Gasteiger partial charge in [0.2, 0.25) is 0 Å². The highest BCUT2D eigenvalue weighted by Crippen LogP contribution is 2.26. The first kappa shape index (κ1) is 15.5. The number of nitrogens with one attached hydrogen (secondary N) is 1. The van der Waals surface area contributed by atoms with E-state index in [1.54, 1.807) is 19.2 Å². The predicted octanol–water partition coefficient (Wildman–Crippen LogP) is 2.39. The van der Waals surface area contributed by atoms with Gasteiger partial charge in [-0.1, -0.05) is 17.7 Å². The Kier molecular flexibility index (Phi) is 4.64. The Labute approximate surface area is 133 Å². The maximum atomic E-state index is 12.2. The molecule has 21 heavy (non-hydrogen) atoms. The highest BCUT2D eigenvalue weighted by atomic mass is 79.9. The molecule has 0 aliphatic carbocycles. The van der Waals surface area contributed by atoms with Crippen molar-refractivity contribution in [1.82, 2.24) is 15.1 Å². The van der Waals surface area contributed by atoms with Gasteiger partial charge >= 0.3 is 5.97 Å². The molecule has 0 saturated carbocycles. The molecule has 1 aromatic heterocycles. The number of carbonyl (C=O) groups is 2. The zero-order valence-corrected chi connectivity index (χ0v) is 13.2. The minimum Gasteiger partial charge on any atom is -0.479 e. The molecule has 8 heteroatoms. The average molecular weight is 373 g/mol. The summed E-state index contributed by atoms with van der Waals surface area (Å²) in [6, 6.07) is 3.66. The van der Waals surface area contributed by atoms with Crippen LogP contribution in [0.2, 0.25) is 5.02 Å². The molecule has 1 amide bonds. The van der Waals surface area contributed by atoms with Crippen LogP contribution < -0.4 is 5.32 Å². The Morgan fingerprint density at radius 3 is 2.76 bits per heavy atom. The molecule has 0 spiro atoms. The first-order valence-electron chi connectivity index (χ1n) is 5.86. The number of aryl methyl sites for hydroxylation is 1. The molecule has 1 heterocycles. The number of rotatable bonds is 4. The van der Waals surface area contributed by atoms with Gasteiger partial charge in [0.05, 0.1) is 16.8 Å². The van der Waals surface area contributed by atoms with Crippen LogP contribution in [0.5, 0.6) is 0 Å². The molecule has 110 valence electrons. The monoisotopic (exact) mass is 371 g/mol. The topological polar surface area (TPSA) is 84.2 Å². The zero-order chi connectivity index (χ0) is 15.6. The summed E-state index contributed by atoms with van der Waals surface area (Å²) in [5.41, 5.74) is 0.575. The molecule has 2 rings (SSSR count). The van der Waals surface area contributed by atoms with Crippen molar-refractivity contribution in [2.24, 2.45) is 7.05 Å². The first-order chi connectivity index (χ1) is 9.90. The van der Waals surface area contributed by atoms with Gasteiger partial charge in [-0.15, -0.1) is 0 Å². The Bertz CT molecular complexity index is 702. The van der Waals surface area contributed by atoms with Crippen molar-refractivity contribution in [3.8, 4) is 0 Å². The zero-order valence-electron chi connectivity index (χ0n) is 10.9. The van der Waals surface area contributed by atoms with Gasteiger partial charge in [0.1, 0.15) is 0 Å². The van der Waals surface area contributed by atoms with Gasteiger partial charge in [-0.2, -0.15) is 5.10 Å². The van der Waals surface area contributed by atoms with E-state index in [1.807, 2.05) is 0 Å². The molecule has 0 radical (unpaired) electrons. The second kappa shape index (κ2) is 6.28. The quantitative estimate of drug-likeness (QED) is 0.863.